The lowest BCUT2D eigenvalue weighted by molar-refractivity contribution is 0.415. The van der Waals surface area contributed by atoms with Crippen LogP contribution in [0.15, 0.2) is 60.8 Å². The molecule has 132 valence electrons. The van der Waals surface area contributed by atoms with Crippen LogP contribution < -0.4 is 15.0 Å². The number of thiophene rings is 1. The largest absolute Gasteiger partial charge is 0.497 e. The number of nitrogens with zero attached hydrogens (tertiary/aromatic N) is 2. The first-order chi connectivity index (χ1) is 12.7. The van der Waals surface area contributed by atoms with Crippen molar-refractivity contribution in [2.24, 2.45) is 0 Å². The predicted octanol–water partition coefficient (Wildman–Crippen LogP) is 4.98. The van der Waals surface area contributed by atoms with Crippen LogP contribution in [0.1, 0.15) is 22.7 Å². The Kier molecular flexibility index (Phi) is 4.80. The number of methoxy groups -OCH3 is 1. The van der Waals surface area contributed by atoms with E-state index in [1.807, 2.05) is 48.5 Å². The molecule has 1 aliphatic heterocycles. The van der Waals surface area contributed by atoms with Crippen LogP contribution in [0, 0.1) is 0 Å². The minimum Gasteiger partial charge on any atom is -0.497 e. The van der Waals surface area contributed by atoms with Gasteiger partial charge in [-0.05, 0) is 48.6 Å². The van der Waals surface area contributed by atoms with Gasteiger partial charge in [0.2, 0.25) is 0 Å². The Labute approximate surface area is 166 Å². The van der Waals surface area contributed by atoms with Gasteiger partial charge in [-0.3, -0.25) is 4.98 Å². The molecule has 0 saturated carbocycles. The zero-order chi connectivity index (χ0) is 18.1. The molecule has 1 N–H and O–H groups in total. The fraction of sp³-hybridized carbons (Fsp3) is 0.158. The number of anilines is 1. The van der Waals surface area contributed by atoms with Crippen LogP contribution in [-0.4, -0.2) is 17.2 Å². The Bertz CT molecular complexity index is 931. The number of thiocarbonyl (C=S) groups is 1. The minimum absolute atomic E-state index is 0.0398. The lowest BCUT2D eigenvalue weighted by Gasteiger charge is -2.27. The van der Waals surface area contributed by atoms with Gasteiger partial charge in [-0.15, -0.1) is 11.3 Å². The summed E-state index contributed by atoms with van der Waals surface area (Å²) in [5.74, 6) is 0.787. The first-order valence-corrected chi connectivity index (χ1v) is 9.67. The van der Waals surface area contributed by atoms with Gasteiger partial charge in [0.1, 0.15) is 5.75 Å². The van der Waals surface area contributed by atoms with Crippen molar-refractivity contribution in [2.75, 3.05) is 12.0 Å². The Hall–Kier alpha value is -2.15. The van der Waals surface area contributed by atoms with E-state index in [1.54, 1.807) is 24.6 Å². The summed E-state index contributed by atoms with van der Waals surface area (Å²) in [5.41, 5.74) is 1.91. The van der Waals surface area contributed by atoms with Crippen LogP contribution in [0.5, 0.6) is 5.75 Å². The van der Waals surface area contributed by atoms with Crippen molar-refractivity contribution in [1.82, 2.24) is 10.3 Å². The molecule has 0 unspecified atom stereocenters. The molecule has 1 fully saturated rings. The number of aromatic nitrogens is 1. The molecule has 1 aliphatic rings. The van der Waals surface area contributed by atoms with Crippen LogP contribution >= 0.6 is 35.2 Å². The van der Waals surface area contributed by atoms with E-state index in [1.165, 1.54) is 0 Å². The fourth-order valence-electron chi connectivity index (χ4n) is 3.17. The maximum atomic E-state index is 6.22. The number of hydrogen-bond acceptors (Lipinski definition) is 4. The molecule has 1 saturated heterocycles. The maximum Gasteiger partial charge on any atom is 0.174 e. The molecule has 0 bridgehead atoms. The van der Waals surface area contributed by atoms with Gasteiger partial charge in [-0.2, -0.15) is 0 Å². The average molecular weight is 402 g/mol. The molecule has 1 aromatic carbocycles. The van der Waals surface area contributed by atoms with E-state index < -0.39 is 0 Å². The van der Waals surface area contributed by atoms with Crippen molar-refractivity contribution in [1.29, 1.82) is 0 Å². The molecule has 2 atom stereocenters. The number of rotatable bonds is 4. The molecule has 26 heavy (non-hydrogen) atoms. The molecule has 0 aliphatic carbocycles. The quantitative estimate of drug-likeness (QED) is 0.624. The Balaban J connectivity index is 1.82. The third kappa shape index (κ3) is 3.16. The van der Waals surface area contributed by atoms with Crippen molar-refractivity contribution in [2.45, 2.75) is 12.1 Å². The standard InChI is InChI=1S/C19H16ClN3OS2/c1-24-13-6-4-5-12(11-13)23-18(15-8-9-16(20)26-15)17(22-19(23)25)14-7-2-3-10-21-14/h2-11,17-18H,1H3,(H,22,25)/t17-,18+/m1/s1. The highest BCUT2D eigenvalue weighted by Gasteiger charge is 2.41. The zero-order valence-corrected chi connectivity index (χ0v) is 16.3. The van der Waals surface area contributed by atoms with E-state index in [0.29, 0.717) is 5.11 Å². The smallest absolute Gasteiger partial charge is 0.174 e. The van der Waals surface area contributed by atoms with Crippen molar-refractivity contribution in [3.05, 3.63) is 75.7 Å². The van der Waals surface area contributed by atoms with E-state index in [-0.39, 0.29) is 12.1 Å². The Morgan fingerprint density at radius 1 is 1.19 bits per heavy atom. The molecular formula is C19H16ClN3OS2. The van der Waals surface area contributed by atoms with E-state index >= 15 is 0 Å². The number of benzene rings is 1. The first kappa shape index (κ1) is 17.3. The van der Waals surface area contributed by atoms with E-state index in [4.69, 9.17) is 28.6 Å². The molecular weight excluding hydrogens is 386 g/mol. The normalized spacial score (nSPS) is 19.5. The second-order valence-corrected chi connectivity index (χ2v) is 7.97. The SMILES string of the molecule is COc1cccc(N2C(=S)N[C@H](c3ccccn3)[C@@H]2c2ccc(Cl)s2)c1. The van der Waals surface area contributed by atoms with Crippen LogP contribution in [-0.2, 0) is 0 Å². The van der Waals surface area contributed by atoms with Crippen LogP contribution in [0.25, 0.3) is 0 Å². The summed E-state index contributed by atoms with van der Waals surface area (Å²) in [7, 11) is 1.66. The first-order valence-electron chi connectivity index (χ1n) is 8.07. The summed E-state index contributed by atoms with van der Waals surface area (Å²) in [6.07, 6.45) is 1.80. The molecule has 2 aromatic heterocycles. The summed E-state index contributed by atoms with van der Waals surface area (Å²) in [6.45, 7) is 0. The van der Waals surface area contributed by atoms with Crippen molar-refractivity contribution < 1.29 is 4.74 Å². The Morgan fingerprint density at radius 3 is 2.77 bits per heavy atom. The second kappa shape index (κ2) is 7.23. The molecule has 3 heterocycles. The third-order valence-electron chi connectivity index (χ3n) is 4.32. The lowest BCUT2D eigenvalue weighted by atomic mass is 10.0. The number of ether oxygens (including phenoxy) is 1. The van der Waals surface area contributed by atoms with Gasteiger partial charge in [-0.25, -0.2) is 0 Å². The number of pyridine rings is 1. The molecule has 3 aromatic rings. The topological polar surface area (TPSA) is 37.4 Å². The minimum atomic E-state index is -0.0652. The maximum absolute atomic E-state index is 6.22. The van der Waals surface area contributed by atoms with Gasteiger partial charge < -0.3 is 15.0 Å². The van der Waals surface area contributed by atoms with Gasteiger partial charge in [0.15, 0.2) is 5.11 Å². The molecule has 0 spiro atoms. The number of nitrogens with one attached hydrogen (secondary N) is 1. The summed E-state index contributed by atoms with van der Waals surface area (Å²) >= 11 is 13.5. The van der Waals surface area contributed by atoms with Gasteiger partial charge >= 0.3 is 0 Å². The van der Waals surface area contributed by atoms with Crippen molar-refractivity contribution >= 4 is 46.0 Å². The monoisotopic (exact) mass is 401 g/mol. The summed E-state index contributed by atoms with van der Waals surface area (Å²) < 4.78 is 6.14. The van der Waals surface area contributed by atoms with Gasteiger partial charge in [0.25, 0.3) is 0 Å². The van der Waals surface area contributed by atoms with Gasteiger partial charge in [0, 0.05) is 22.8 Å². The lowest BCUT2D eigenvalue weighted by Crippen LogP contribution is -2.29. The van der Waals surface area contributed by atoms with Gasteiger partial charge in [-0.1, -0.05) is 23.7 Å². The van der Waals surface area contributed by atoms with Crippen LogP contribution in [0.3, 0.4) is 0 Å². The van der Waals surface area contributed by atoms with Crippen molar-refractivity contribution in [3.8, 4) is 5.75 Å². The molecule has 0 amide bonds. The highest BCUT2D eigenvalue weighted by atomic mass is 35.5. The Morgan fingerprint density at radius 2 is 2.08 bits per heavy atom. The van der Waals surface area contributed by atoms with E-state index in [2.05, 4.69) is 21.3 Å². The van der Waals surface area contributed by atoms with Crippen LogP contribution in [0.4, 0.5) is 5.69 Å². The molecule has 7 heteroatoms. The van der Waals surface area contributed by atoms with Crippen molar-refractivity contribution in [3.63, 3.8) is 0 Å². The molecule has 4 rings (SSSR count). The summed E-state index contributed by atoms with van der Waals surface area (Å²) in [6, 6.07) is 17.7. The van der Waals surface area contributed by atoms with Crippen LogP contribution in [0.2, 0.25) is 4.34 Å². The predicted molar refractivity (Wildman–Crippen MR) is 110 cm³/mol. The third-order valence-corrected chi connectivity index (χ3v) is 5.93. The van der Waals surface area contributed by atoms with E-state index in [9.17, 15) is 0 Å². The number of halogens is 1. The van der Waals surface area contributed by atoms with Gasteiger partial charge in [0.05, 0.1) is 29.2 Å². The molecule has 4 nitrogen and oxygen atoms in total. The summed E-state index contributed by atoms with van der Waals surface area (Å²) in [4.78, 5) is 7.77. The highest BCUT2D eigenvalue weighted by molar-refractivity contribution is 7.80. The molecule has 0 radical (unpaired) electrons. The fourth-order valence-corrected chi connectivity index (χ4v) is 4.71. The second-order valence-electron chi connectivity index (χ2n) is 5.84. The van der Waals surface area contributed by atoms with E-state index in [0.717, 1.165) is 26.3 Å². The number of hydrogen-bond donors (Lipinski definition) is 1. The summed E-state index contributed by atoms with van der Waals surface area (Å²) in [5, 5.41) is 4.09. The zero-order valence-electron chi connectivity index (χ0n) is 13.9. The highest BCUT2D eigenvalue weighted by Crippen LogP contribution is 2.44. The average Bonchev–Trinajstić information content (AvgIpc) is 3.25.